The van der Waals surface area contributed by atoms with E-state index < -0.39 is 0 Å². The van der Waals surface area contributed by atoms with Crippen LogP contribution in [0.3, 0.4) is 0 Å². The van der Waals surface area contributed by atoms with Crippen LogP contribution >= 0.6 is 0 Å². The first-order chi connectivity index (χ1) is 9.83. The first-order valence-corrected chi connectivity index (χ1v) is 7.18. The summed E-state index contributed by atoms with van der Waals surface area (Å²) >= 11 is 0. The summed E-state index contributed by atoms with van der Waals surface area (Å²) in [7, 11) is 0. The van der Waals surface area contributed by atoms with Crippen LogP contribution in [0.1, 0.15) is 24.8 Å². The topological polar surface area (TPSA) is 76.4 Å². The van der Waals surface area contributed by atoms with Crippen LogP contribution < -0.4 is 16.4 Å². The van der Waals surface area contributed by atoms with E-state index in [4.69, 9.17) is 10.5 Å². The van der Waals surface area contributed by atoms with Crippen molar-refractivity contribution >= 4 is 6.09 Å². The zero-order valence-electron chi connectivity index (χ0n) is 11.9. The molecule has 112 valence electrons. The maximum absolute atomic E-state index is 11.4. The number of carbonyl (C=O) groups is 1. The minimum Gasteiger partial charge on any atom is -0.445 e. The fraction of sp³-hybridized carbons (Fsp3) is 0.533. The Hall–Kier alpha value is -1.59. The van der Waals surface area contributed by atoms with Gasteiger partial charge in [-0.05, 0) is 44.5 Å². The van der Waals surface area contributed by atoms with Gasteiger partial charge in [0.05, 0.1) is 0 Å². The lowest BCUT2D eigenvalue weighted by atomic mass is 10.2. The minimum absolute atomic E-state index is 0.310. The molecular weight excluding hydrogens is 254 g/mol. The van der Waals surface area contributed by atoms with Gasteiger partial charge in [0.25, 0.3) is 0 Å². The van der Waals surface area contributed by atoms with Crippen LogP contribution in [-0.2, 0) is 11.3 Å². The second-order valence-electron chi connectivity index (χ2n) is 4.59. The van der Waals surface area contributed by atoms with E-state index in [2.05, 4.69) is 10.6 Å². The molecule has 0 spiro atoms. The maximum Gasteiger partial charge on any atom is 0.407 e. The van der Waals surface area contributed by atoms with Gasteiger partial charge in [-0.2, -0.15) is 0 Å². The first kappa shape index (κ1) is 16.5. The smallest absolute Gasteiger partial charge is 0.407 e. The molecule has 0 fully saturated rings. The van der Waals surface area contributed by atoms with Crippen LogP contribution in [0.15, 0.2) is 30.3 Å². The molecule has 4 N–H and O–H groups in total. The van der Waals surface area contributed by atoms with Crippen molar-refractivity contribution in [3.8, 4) is 0 Å². The third-order valence-electron chi connectivity index (χ3n) is 2.82. The Morgan fingerprint density at radius 2 is 1.80 bits per heavy atom. The minimum atomic E-state index is -0.364. The molecule has 0 aromatic heterocycles. The molecule has 0 aliphatic rings. The van der Waals surface area contributed by atoms with Crippen molar-refractivity contribution in [2.75, 3.05) is 26.2 Å². The van der Waals surface area contributed by atoms with Gasteiger partial charge < -0.3 is 21.1 Å². The standard InChI is InChI=1S/C15H25N3O2/c16-9-4-5-10-17-11-6-12-18-15(19)20-13-14-7-2-1-3-8-14/h1-3,7-8,17H,4-6,9-13,16H2,(H,18,19). The Bertz CT molecular complexity index is 357. The largest absolute Gasteiger partial charge is 0.445 e. The molecule has 5 nitrogen and oxygen atoms in total. The van der Waals surface area contributed by atoms with Crippen LogP contribution in [0.4, 0.5) is 4.79 Å². The van der Waals surface area contributed by atoms with Crippen LogP contribution in [0.25, 0.3) is 0 Å². The predicted molar refractivity (Wildman–Crippen MR) is 80.4 cm³/mol. The fourth-order valence-corrected chi connectivity index (χ4v) is 1.70. The van der Waals surface area contributed by atoms with E-state index in [1.165, 1.54) is 0 Å². The van der Waals surface area contributed by atoms with Gasteiger partial charge in [-0.25, -0.2) is 4.79 Å². The Balaban J connectivity index is 1.93. The molecule has 0 aliphatic heterocycles. The normalized spacial score (nSPS) is 10.2. The number of hydrogen-bond donors (Lipinski definition) is 3. The molecule has 0 saturated heterocycles. The summed E-state index contributed by atoms with van der Waals surface area (Å²) in [6.07, 6.45) is 2.68. The van der Waals surface area contributed by atoms with E-state index in [1.54, 1.807) is 0 Å². The van der Waals surface area contributed by atoms with Gasteiger partial charge in [0.2, 0.25) is 0 Å². The van der Waals surface area contributed by atoms with Gasteiger partial charge in [0.15, 0.2) is 0 Å². The number of amides is 1. The van der Waals surface area contributed by atoms with Gasteiger partial charge in [-0.1, -0.05) is 30.3 Å². The molecule has 20 heavy (non-hydrogen) atoms. The zero-order valence-corrected chi connectivity index (χ0v) is 11.9. The van der Waals surface area contributed by atoms with E-state index >= 15 is 0 Å². The number of carbonyl (C=O) groups excluding carboxylic acids is 1. The van der Waals surface area contributed by atoms with Crippen molar-refractivity contribution in [1.82, 2.24) is 10.6 Å². The molecule has 1 aromatic carbocycles. The zero-order chi connectivity index (χ0) is 14.5. The summed E-state index contributed by atoms with van der Waals surface area (Å²) in [6, 6.07) is 9.64. The average Bonchev–Trinajstić information content (AvgIpc) is 2.49. The lowest BCUT2D eigenvalue weighted by Crippen LogP contribution is -2.28. The summed E-state index contributed by atoms with van der Waals surface area (Å²) in [5.41, 5.74) is 6.40. The summed E-state index contributed by atoms with van der Waals surface area (Å²) in [5.74, 6) is 0. The quantitative estimate of drug-likeness (QED) is 0.569. The van der Waals surface area contributed by atoms with Gasteiger partial charge in [-0.3, -0.25) is 0 Å². The van der Waals surface area contributed by atoms with Crippen LogP contribution in [0, 0.1) is 0 Å². The van der Waals surface area contributed by atoms with E-state index in [9.17, 15) is 4.79 Å². The number of alkyl carbamates (subject to hydrolysis) is 1. The predicted octanol–water partition coefficient (Wildman–Crippen LogP) is 1.63. The monoisotopic (exact) mass is 279 g/mol. The second kappa shape index (κ2) is 11.3. The van der Waals surface area contributed by atoms with Crippen molar-refractivity contribution < 1.29 is 9.53 Å². The second-order valence-corrected chi connectivity index (χ2v) is 4.59. The highest BCUT2D eigenvalue weighted by Gasteiger charge is 2.01. The lowest BCUT2D eigenvalue weighted by molar-refractivity contribution is 0.139. The maximum atomic E-state index is 11.4. The molecule has 0 bridgehead atoms. The first-order valence-electron chi connectivity index (χ1n) is 7.18. The van der Waals surface area contributed by atoms with Crippen LogP contribution in [0.2, 0.25) is 0 Å². The molecule has 1 rings (SSSR count). The van der Waals surface area contributed by atoms with Crippen molar-refractivity contribution in [3.63, 3.8) is 0 Å². The molecule has 0 unspecified atom stereocenters. The Morgan fingerprint density at radius 3 is 2.55 bits per heavy atom. The molecule has 0 atom stereocenters. The molecule has 1 aromatic rings. The van der Waals surface area contributed by atoms with E-state index in [-0.39, 0.29) is 6.09 Å². The highest BCUT2D eigenvalue weighted by atomic mass is 16.5. The average molecular weight is 279 g/mol. The number of nitrogens with one attached hydrogen (secondary N) is 2. The van der Waals surface area contributed by atoms with Gasteiger partial charge in [0, 0.05) is 6.54 Å². The molecule has 0 aliphatic carbocycles. The number of benzene rings is 1. The Kier molecular flexibility index (Phi) is 9.26. The van der Waals surface area contributed by atoms with Crippen LogP contribution in [0.5, 0.6) is 0 Å². The highest BCUT2D eigenvalue weighted by Crippen LogP contribution is 2.00. The number of ether oxygens (including phenoxy) is 1. The van der Waals surface area contributed by atoms with Crippen LogP contribution in [-0.4, -0.2) is 32.3 Å². The summed E-state index contributed by atoms with van der Waals surface area (Å²) in [6.45, 7) is 3.55. The summed E-state index contributed by atoms with van der Waals surface area (Å²) in [4.78, 5) is 11.4. The SMILES string of the molecule is NCCCCNCCCNC(=O)OCc1ccccc1. The third-order valence-corrected chi connectivity index (χ3v) is 2.82. The fourth-order valence-electron chi connectivity index (χ4n) is 1.70. The van der Waals surface area contributed by atoms with Crippen molar-refractivity contribution in [2.45, 2.75) is 25.9 Å². The van der Waals surface area contributed by atoms with Crippen molar-refractivity contribution in [2.24, 2.45) is 5.73 Å². The van der Waals surface area contributed by atoms with Gasteiger partial charge >= 0.3 is 6.09 Å². The van der Waals surface area contributed by atoms with E-state index in [0.717, 1.165) is 44.5 Å². The molecule has 0 heterocycles. The highest BCUT2D eigenvalue weighted by molar-refractivity contribution is 5.67. The number of unbranched alkanes of at least 4 members (excludes halogenated alkanes) is 1. The third kappa shape index (κ3) is 8.50. The lowest BCUT2D eigenvalue weighted by Gasteiger charge is -2.07. The Labute approximate surface area is 120 Å². The van der Waals surface area contributed by atoms with E-state index in [1.807, 2.05) is 30.3 Å². The molecule has 0 saturated carbocycles. The number of rotatable bonds is 10. The molecule has 0 radical (unpaired) electrons. The molecule has 1 amide bonds. The van der Waals surface area contributed by atoms with Crippen molar-refractivity contribution in [1.29, 1.82) is 0 Å². The van der Waals surface area contributed by atoms with E-state index in [0.29, 0.717) is 13.2 Å². The van der Waals surface area contributed by atoms with Gasteiger partial charge in [-0.15, -0.1) is 0 Å². The summed E-state index contributed by atoms with van der Waals surface area (Å²) < 4.78 is 5.10. The number of hydrogen-bond acceptors (Lipinski definition) is 4. The molecular formula is C15H25N3O2. The van der Waals surface area contributed by atoms with Crippen molar-refractivity contribution in [3.05, 3.63) is 35.9 Å². The number of nitrogens with two attached hydrogens (primary N) is 1. The van der Waals surface area contributed by atoms with Gasteiger partial charge in [0.1, 0.15) is 6.61 Å². The summed E-state index contributed by atoms with van der Waals surface area (Å²) in [5, 5.41) is 6.04. The Morgan fingerprint density at radius 1 is 1.05 bits per heavy atom. The molecule has 5 heteroatoms.